The number of para-hydroxylation sites is 1. The number of hydrogen-bond acceptors (Lipinski definition) is 3. The highest BCUT2D eigenvalue weighted by Crippen LogP contribution is 2.08. The van der Waals surface area contributed by atoms with Crippen molar-refractivity contribution in [2.24, 2.45) is 0 Å². The Morgan fingerprint density at radius 1 is 1.25 bits per heavy atom. The zero-order valence-electron chi connectivity index (χ0n) is 9.98. The first-order valence-corrected chi connectivity index (χ1v) is 5.74. The Morgan fingerprint density at radius 3 is 2.50 bits per heavy atom. The van der Waals surface area contributed by atoms with Crippen molar-refractivity contribution >= 4 is 5.97 Å². The molecule has 0 spiro atoms. The number of esters is 1. The van der Waals surface area contributed by atoms with Gasteiger partial charge < -0.3 is 4.74 Å². The number of ether oxygens (including phenoxy) is 1. The van der Waals surface area contributed by atoms with E-state index < -0.39 is 0 Å². The number of carbonyl (C=O) groups excluding carboxylic acids is 1. The summed E-state index contributed by atoms with van der Waals surface area (Å²) in [5.74, 6) is 0.418. The molecule has 1 aromatic carbocycles. The van der Waals surface area contributed by atoms with Gasteiger partial charge in [-0.2, -0.15) is 0 Å². The lowest BCUT2D eigenvalue weighted by atomic mass is 10.3. The van der Waals surface area contributed by atoms with Crippen LogP contribution >= 0.6 is 0 Å². The minimum Gasteiger partial charge on any atom is -0.426 e. The Labute approximate surface area is 97.0 Å². The normalized spacial score (nSPS) is 10.4. The first kappa shape index (κ1) is 12.7. The first-order chi connectivity index (χ1) is 7.76. The van der Waals surface area contributed by atoms with Gasteiger partial charge in [-0.1, -0.05) is 32.0 Å². The summed E-state index contributed by atoms with van der Waals surface area (Å²) < 4.78 is 5.21. The molecule has 3 nitrogen and oxygen atoms in total. The molecule has 0 aliphatic heterocycles. The van der Waals surface area contributed by atoms with E-state index >= 15 is 0 Å². The monoisotopic (exact) mass is 221 g/mol. The van der Waals surface area contributed by atoms with Crippen LogP contribution in [0.25, 0.3) is 0 Å². The summed E-state index contributed by atoms with van der Waals surface area (Å²) in [6, 6.07) is 9.17. The molecule has 0 radical (unpaired) electrons. The zero-order valence-corrected chi connectivity index (χ0v) is 9.98. The van der Waals surface area contributed by atoms with Gasteiger partial charge in [-0.3, -0.25) is 9.69 Å². The third kappa shape index (κ3) is 4.45. The van der Waals surface area contributed by atoms with Crippen molar-refractivity contribution in [2.45, 2.75) is 20.3 Å². The van der Waals surface area contributed by atoms with Crippen molar-refractivity contribution in [1.29, 1.82) is 0 Å². The van der Waals surface area contributed by atoms with Crippen LogP contribution in [0.1, 0.15) is 20.3 Å². The average molecular weight is 221 g/mol. The Kier molecular flexibility index (Phi) is 5.57. The molecule has 0 N–H and O–H groups in total. The van der Waals surface area contributed by atoms with E-state index in [4.69, 9.17) is 4.74 Å². The Hall–Kier alpha value is -1.35. The maximum atomic E-state index is 11.6. The lowest BCUT2D eigenvalue weighted by molar-refractivity contribution is -0.135. The summed E-state index contributed by atoms with van der Waals surface area (Å²) in [5, 5.41) is 0. The van der Waals surface area contributed by atoms with Crippen molar-refractivity contribution in [2.75, 3.05) is 19.6 Å². The minimum atomic E-state index is -0.193. The van der Waals surface area contributed by atoms with Crippen LogP contribution in [-0.4, -0.2) is 30.5 Å². The lowest BCUT2D eigenvalue weighted by Gasteiger charge is -2.17. The maximum Gasteiger partial charge on any atom is 0.325 e. The van der Waals surface area contributed by atoms with Gasteiger partial charge in [-0.15, -0.1) is 0 Å². The van der Waals surface area contributed by atoms with E-state index in [9.17, 15) is 4.79 Å². The van der Waals surface area contributed by atoms with Crippen LogP contribution in [0, 0.1) is 0 Å². The van der Waals surface area contributed by atoms with Crippen LogP contribution in [0.2, 0.25) is 0 Å². The molecule has 0 amide bonds. The molecule has 0 aliphatic carbocycles. The second kappa shape index (κ2) is 7.01. The van der Waals surface area contributed by atoms with Crippen LogP contribution in [0.3, 0.4) is 0 Å². The van der Waals surface area contributed by atoms with Crippen LogP contribution in [0.4, 0.5) is 0 Å². The standard InChI is InChI=1S/C13H19NO2/c1-3-10-14(4-2)11-13(15)16-12-8-6-5-7-9-12/h5-9H,3-4,10-11H2,1-2H3. The molecule has 16 heavy (non-hydrogen) atoms. The van der Waals surface area contributed by atoms with Crippen LogP contribution in [-0.2, 0) is 4.79 Å². The Bertz CT molecular complexity index is 311. The van der Waals surface area contributed by atoms with Crippen LogP contribution in [0.5, 0.6) is 5.75 Å². The van der Waals surface area contributed by atoms with E-state index in [0.717, 1.165) is 19.5 Å². The Morgan fingerprint density at radius 2 is 1.94 bits per heavy atom. The molecule has 0 unspecified atom stereocenters. The third-order valence-electron chi connectivity index (χ3n) is 2.31. The van der Waals surface area contributed by atoms with Gasteiger partial charge in [0.25, 0.3) is 0 Å². The summed E-state index contributed by atoms with van der Waals surface area (Å²) in [7, 11) is 0. The zero-order chi connectivity index (χ0) is 11.8. The van der Waals surface area contributed by atoms with Crippen molar-refractivity contribution in [3.8, 4) is 5.75 Å². The molecular formula is C13H19NO2. The van der Waals surface area contributed by atoms with Gasteiger partial charge in [-0.25, -0.2) is 0 Å². The quantitative estimate of drug-likeness (QED) is 0.545. The van der Waals surface area contributed by atoms with Gasteiger partial charge in [0, 0.05) is 0 Å². The van der Waals surface area contributed by atoms with Crippen molar-refractivity contribution in [1.82, 2.24) is 4.90 Å². The van der Waals surface area contributed by atoms with Crippen LogP contribution < -0.4 is 4.74 Å². The third-order valence-corrected chi connectivity index (χ3v) is 2.31. The molecule has 88 valence electrons. The van der Waals surface area contributed by atoms with Gasteiger partial charge in [0.15, 0.2) is 0 Å². The summed E-state index contributed by atoms with van der Waals surface area (Å²) >= 11 is 0. The van der Waals surface area contributed by atoms with Gasteiger partial charge in [-0.05, 0) is 31.6 Å². The summed E-state index contributed by atoms with van der Waals surface area (Å²) in [6.45, 7) is 6.31. The van der Waals surface area contributed by atoms with Gasteiger partial charge in [0.2, 0.25) is 0 Å². The molecule has 1 rings (SSSR count). The first-order valence-electron chi connectivity index (χ1n) is 5.74. The van der Waals surface area contributed by atoms with E-state index in [1.54, 1.807) is 12.1 Å². The summed E-state index contributed by atoms with van der Waals surface area (Å²) in [4.78, 5) is 13.7. The summed E-state index contributed by atoms with van der Waals surface area (Å²) in [5.41, 5.74) is 0. The van der Waals surface area contributed by atoms with E-state index in [1.165, 1.54) is 0 Å². The molecular weight excluding hydrogens is 202 g/mol. The second-order valence-electron chi connectivity index (χ2n) is 3.66. The number of hydrogen-bond donors (Lipinski definition) is 0. The van der Waals surface area contributed by atoms with Crippen molar-refractivity contribution in [3.63, 3.8) is 0 Å². The molecule has 0 fully saturated rings. The van der Waals surface area contributed by atoms with Crippen LogP contribution in [0.15, 0.2) is 30.3 Å². The summed E-state index contributed by atoms with van der Waals surface area (Å²) in [6.07, 6.45) is 1.05. The maximum absolute atomic E-state index is 11.6. The molecule has 0 saturated heterocycles. The lowest BCUT2D eigenvalue weighted by Crippen LogP contribution is -2.32. The molecule has 1 aromatic rings. The number of benzene rings is 1. The predicted octanol–water partition coefficient (Wildman–Crippen LogP) is 2.32. The molecule has 0 heterocycles. The number of carbonyl (C=O) groups is 1. The molecule has 0 saturated carbocycles. The number of nitrogens with zero attached hydrogens (tertiary/aromatic N) is 1. The SMILES string of the molecule is CCCN(CC)CC(=O)Oc1ccccc1. The number of rotatable bonds is 6. The van der Waals surface area contributed by atoms with Gasteiger partial charge in [0.05, 0.1) is 6.54 Å². The fourth-order valence-electron chi connectivity index (χ4n) is 1.50. The molecule has 0 atom stereocenters. The van der Waals surface area contributed by atoms with E-state index in [1.807, 2.05) is 25.1 Å². The minimum absolute atomic E-state index is 0.193. The topological polar surface area (TPSA) is 29.5 Å². The van der Waals surface area contributed by atoms with E-state index in [2.05, 4.69) is 11.8 Å². The highest BCUT2D eigenvalue weighted by atomic mass is 16.5. The predicted molar refractivity (Wildman–Crippen MR) is 64.5 cm³/mol. The van der Waals surface area contributed by atoms with Crippen molar-refractivity contribution in [3.05, 3.63) is 30.3 Å². The number of likely N-dealkylation sites (N-methyl/N-ethyl adjacent to an activating group) is 1. The van der Waals surface area contributed by atoms with Gasteiger partial charge >= 0.3 is 5.97 Å². The largest absolute Gasteiger partial charge is 0.426 e. The smallest absolute Gasteiger partial charge is 0.325 e. The fourth-order valence-corrected chi connectivity index (χ4v) is 1.50. The molecule has 0 aromatic heterocycles. The van der Waals surface area contributed by atoms with Crippen molar-refractivity contribution < 1.29 is 9.53 Å². The van der Waals surface area contributed by atoms with Gasteiger partial charge in [0.1, 0.15) is 5.75 Å². The average Bonchev–Trinajstić information content (AvgIpc) is 2.29. The highest BCUT2D eigenvalue weighted by molar-refractivity contribution is 5.74. The highest BCUT2D eigenvalue weighted by Gasteiger charge is 2.09. The Balaban J connectivity index is 2.41. The second-order valence-corrected chi connectivity index (χ2v) is 3.66. The molecule has 3 heteroatoms. The van der Waals surface area contributed by atoms with E-state index in [0.29, 0.717) is 12.3 Å². The fraction of sp³-hybridized carbons (Fsp3) is 0.462. The van der Waals surface area contributed by atoms with E-state index in [-0.39, 0.29) is 5.97 Å². The molecule has 0 bridgehead atoms. The molecule has 0 aliphatic rings.